The number of rotatable bonds is 6. The number of hydrogen-bond donors (Lipinski definition) is 1. The van der Waals surface area contributed by atoms with Crippen LogP contribution in [0.2, 0.25) is 5.02 Å². The maximum absolute atomic E-state index is 12.0. The fraction of sp³-hybridized carbons (Fsp3) is 0.500. The lowest BCUT2D eigenvalue weighted by atomic mass is 10.1. The van der Waals surface area contributed by atoms with Crippen LogP contribution in [0.3, 0.4) is 0 Å². The van der Waals surface area contributed by atoms with E-state index in [1.807, 2.05) is 48.9 Å². The highest BCUT2D eigenvalue weighted by atomic mass is 35.5. The molecule has 4 nitrogen and oxygen atoms in total. The quantitative estimate of drug-likeness (QED) is 0.815. The van der Waals surface area contributed by atoms with E-state index in [1.165, 1.54) is 0 Å². The molecule has 1 aromatic carbocycles. The third-order valence-electron chi connectivity index (χ3n) is 3.10. The van der Waals surface area contributed by atoms with Gasteiger partial charge in [-0.2, -0.15) is 0 Å². The van der Waals surface area contributed by atoms with Crippen molar-refractivity contribution in [2.75, 3.05) is 32.4 Å². The highest BCUT2D eigenvalue weighted by Gasteiger charge is 2.14. The van der Waals surface area contributed by atoms with E-state index < -0.39 is 0 Å². The summed E-state index contributed by atoms with van der Waals surface area (Å²) in [5, 5.41) is 0.641. The Kier molecular flexibility index (Phi) is 6.12. The number of likely N-dealkylation sites (N-methyl/N-ethyl adjacent to an activating group) is 2. The van der Waals surface area contributed by atoms with Gasteiger partial charge in [0.25, 0.3) is 0 Å². The summed E-state index contributed by atoms with van der Waals surface area (Å²) in [5.74, 6) is 0.123. The molecule has 0 spiro atoms. The van der Waals surface area contributed by atoms with E-state index in [0.717, 1.165) is 18.7 Å². The second kappa shape index (κ2) is 7.36. The van der Waals surface area contributed by atoms with Gasteiger partial charge < -0.3 is 10.6 Å². The highest BCUT2D eigenvalue weighted by Crippen LogP contribution is 2.23. The van der Waals surface area contributed by atoms with Crippen LogP contribution in [0.5, 0.6) is 0 Å². The van der Waals surface area contributed by atoms with Gasteiger partial charge in [0.05, 0.1) is 6.54 Å². The number of amides is 1. The predicted molar refractivity (Wildman–Crippen MR) is 80.1 cm³/mol. The molecule has 5 heteroatoms. The summed E-state index contributed by atoms with van der Waals surface area (Å²) < 4.78 is 0. The Morgan fingerprint density at radius 1 is 1.32 bits per heavy atom. The molecule has 0 fully saturated rings. The monoisotopic (exact) mass is 283 g/mol. The molecule has 1 amide bonds. The largest absolute Gasteiger partial charge is 0.398 e. The summed E-state index contributed by atoms with van der Waals surface area (Å²) in [7, 11) is 1.89. The van der Waals surface area contributed by atoms with E-state index in [9.17, 15) is 4.79 Å². The first-order valence-electron chi connectivity index (χ1n) is 6.48. The van der Waals surface area contributed by atoms with Crippen LogP contribution in [0, 0.1) is 0 Å². The van der Waals surface area contributed by atoms with Crippen molar-refractivity contribution >= 4 is 23.2 Å². The Morgan fingerprint density at radius 2 is 1.95 bits per heavy atom. The fourth-order valence-corrected chi connectivity index (χ4v) is 2.22. The van der Waals surface area contributed by atoms with Crippen LogP contribution in [-0.4, -0.2) is 42.4 Å². The van der Waals surface area contributed by atoms with Crippen molar-refractivity contribution in [2.45, 2.75) is 20.4 Å². The zero-order valence-electron chi connectivity index (χ0n) is 11.8. The molecular weight excluding hydrogens is 262 g/mol. The molecule has 0 aliphatic carbocycles. The Balaban J connectivity index is 2.65. The molecule has 0 radical (unpaired) electrons. The first kappa shape index (κ1) is 15.8. The summed E-state index contributed by atoms with van der Waals surface area (Å²) in [4.78, 5) is 15.7. The molecule has 0 saturated carbocycles. The molecule has 0 aromatic heterocycles. The van der Waals surface area contributed by atoms with Crippen molar-refractivity contribution in [3.8, 4) is 0 Å². The minimum atomic E-state index is 0.123. The molecule has 1 rings (SSSR count). The third-order valence-corrected chi connectivity index (χ3v) is 3.46. The van der Waals surface area contributed by atoms with Gasteiger partial charge in [0.2, 0.25) is 5.91 Å². The summed E-state index contributed by atoms with van der Waals surface area (Å²) in [6.07, 6.45) is 0. The summed E-state index contributed by atoms with van der Waals surface area (Å²) >= 11 is 6.13. The van der Waals surface area contributed by atoms with Gasteiger partial charge in [-0.05, 0) is 33.0 Å². The molecule has 0 aliphatic rings. The van der Waals surface area contributed by atoms with Crippen LogP contribution in [0.25, 0.3) is 0 Å². The van der Waals surface area contributed by atoms with Gasteiger partial charge in [-0.1, -0.05) is 17.7 Å². The topological polar surface area (TPSA) is 49.6 Å². The number of carbonyl (C=O) groups is 1. The highest BCUT2D eigenvalue weighted by molar-refractivity contribution is 6.31. The summed E-state index contributed by atoms with van der Waals surface area (Å²) in [6.45, 7) is 6.36. The summed E-state index contributed by atoms with van der Waals surface area (Å²) in [6, 6.07) is 5.46. The Labute approximate surface area is 120 Å². The van der Waals surface area contributed by atoms with Gasteiger partial charge >= 0.3 is 0 Å². The van der Waals surface area contributed by atoms with Gasteiger partial charge in [0, 0.05) is 35.9 Å². The number of halogens is 1. The first-order chi connectivity index (χ1) is 8.99. The van der Waals surface area contributed by atoms with E-state index in [1.54, 1.807) is 0 Å². The van der Waals surface area contributed by atoms with Gasteiger partial charge in [-0.3, -0.25) is 9.69 Å². The number of benzene rings is 1. The maximum Gasteiger partial charge on any atom is 0.236 e. The summed E-state index contributed by atoms with van der Waals surface area (Å²) in [5.41, 5.74) is 7.44. The Morgan fingerprint density at radius 3 is 2.47 bits per heavy atom. The van der Waals surface area contributed by atoms with Crippen LogP contribution >= 0.6 is 11.6 Å². The smallest absolute Gasteiger partial charge is 0.236 e. The van der Waals surface area contributed by atoms with Crippen LogP contribution in [0.4, 0.5) is 5.69 Å². The third kappa shape index (κ3) is 4.40. The van der Waals surface area contributed by atoms with E-state index in [4.69, 9.17) is 17.3 Å². The second-order valence-electron chi connectivity index (χ2n) is 4.55. The van der Waals surface area contributed by atoms with Crippen molar-refractivity contribution in [3.63, 3.8) is 0 Å². The lowest BCUT2D eigenvalue weighted by molar-refractivity contribution is -0.131. The second-order valence-corrected chi connectivity index (χ2v) is 4.95. The first-order valence-corrected chi connectivity index (χ1v) is 6.86. The Hall–Kier alpha value is -1.26. The SMILES string of the molecule is CCN(CC)C(=O)CN(C)Cc1c(N)cccc1Cl. The molecule has 19 heavy (non-hydrogen) atoms. The van der Waals surface area contributed by atoms with Crippen LogP contribution < -0.4 is 5.73 Å². The Bertz CT molecular complexity index is 412. The van der Waals surface area contributed by atoms with E-state index >= 15 is 0 Å². The van der Waals surface area contributed by atoms with E-state index in [-0.39, 0.29) is 5.91 Å². The molecular formula is C14H22ClN3O. The molecule has 0 heterocycles. The fourth-order valence-electron chi connectivity index (χ4n) is 1.98. The van der Waals surface area contributed by atoms with Gasteiger partial charge in [0.1, 0.15) is 0 Å². The minimum absolute atomic E-state index is 0.123. The van der Waals surface area contributed by atoms with Crippen molar-refractivity contribution < 1.29 is 4.79 Å². The number of nitrogens with zero attached hydrogens (tertiary/aromatic N) is 2. The minimum Gasteiger partial charge on any atom is -0.398 e. The molecule has 106 valence electrons. The van der Waals surface area contributed by atoms with Crippen molar-refractivity contribution in [1.82, 2.24) is 9.80 Å². The van der Waals surface area contributed by atoms with Crippen molar-refractivity contribution in [1.29, 1.82) is 0 Å². The van der Waals surface area contributed by atoms with Crippen molar-refractivity contribution in [3.05, 3.63) is 28.8 Å². The standard InChI is InChI=1S/C14H22ClN3O/c1-4-18(5-2)14(19)10-17(3)9-11-12(15)7-6-8-13(11)16/h6-8H,4-5,9-10,16H2,1-3H3. The van der Waals surface area contributed by atoms with E-state index in [0.29, 0.717) is 23.8 Å². The number of hydrogen-bond acceptors (Lipinski definition) is 3. The number of nitrogen functional groups attached to an aromatic ring is 1. The van der Waals surface area contributed by atoms with Gasteiger partial charge in [0.15, 0.2) is 0 Å². The van der Waals surface area contributed by atoms with Gasteiger partial charge in [-0.25, -0.2) is 0 Å². The van der Waals surface area contributed by atoms with Crippen molar-refractivity contribution in [2.24, 2.45) is 0 Å². The number of nitrogens with two attached hydrogens (primary N) is 1. The van der Waals surface area contributed by atoms with Crippen LogP contribution in [0.1, 0.15) is 19.4 Å². The average Bonchev–Trinajstić information content (AvgIpc) is 2.35. The van der Waals surface area contributed by atoms with Gasteiger partial charge in [-0.15, -0.1) is 0 Å². The zero-order valence-corrected chi connectivity index (χ0v) is 12.6. The molecule has 1 aromatic rings. The number of carbonyl (C=O) groups excluding carboxylic acids is 1. The van der Waals surface area contributed by atoms with Crippen LogP contribution in [-0.2, 0) is 11.3 Å². The molecule has 0 aliphatic heterocycles. The molecule has 2 N–H and O–H groups in total. The molecule has 0 atom stereocenters. The molecule has 0 saturated heterocycles. The lowest BCUT2D eigenvalue weighted by Gasteiger charge is -2.23. The molecule has 0 unspecified atom stereocenters. The molecule has 0 bridgehead atoms. The predicted octanol–water partition coefficient (Wildman–Crippen LogP) is 2.22. The van der Waals surface area contributed by atoms with Crippen LogP contribution in [0.15, 0.2) is 18.2 Å². The number of anilines is 1. The normalized spacial score (nSPS) is 10.8. The average molecular weight is 284 g/mol. The lowest BCUT2D eigenvalue weighted by Crippen LogP contribution is -2.38. The zero-order chi connectivity index (χ0) is 14.4. The van der Waals surface area contributed by atoms with E-state index in [2.05, 4.69) is 0 Å². The maximum atomic E-state index is 12.0.